The molecule has 1 aromatic rings. The molecule has 1 aromatic heterocycles. The number of alkyl halides is 3. The lowest BCUT2D eigenvalue weighted by atomic mass is 9.81. The van der Waals surface area contributed by atoms with E-state index in [9.17, 15) is 26.4 Å². The van der Waals surface area contributed by atoms with Crippen molar-refractivity contribution in [3.8, 4) is 0 Å². The highest BCUT2D eigenvalue weighted by molar-refractivity contribution is 7.91. The Morgan fingerprint density at radius 1 is 1.26 bits per heavy atom. The highest BCUT2D eigenvalue weighted by Crippen LogP contribution is 2.43. The van der Waals surface area contributed by atoms with E-state index in [0.29, 0.717) is 30.5 Å². The second kappa shape index (κ2) is 13.3. The van der Waals surface area contributed by atoms with Gasteiger partial charge in [-0.3, -0.25) is 14.7 Å². The molecular formula is C29H40F3N3O3S. The van der Waals surface area contributed by atoms with Gasteiger partial charge in [-0.15, -0.1) is 0 Å². The lowest BCUT2D eigenvalue weighted by molar-refractivity contribution is -0.184. The Kier molecular flexibility index (Phi) is 10.6. The Labute approximate surface area is 230 Å². The van der Waals surface area contributed by atoms with Crippen LogP contribution in [0.2, 0.25) is 0 Å². The number of halogens is 3. The number of allylic oxidation sites excluding steroid dienone is 2. The summed E-state index contributed by atoms with van der Waals surface area (Å²) in [6.45, 7) is 11.0. The maximum absolute atomic E-state index is 13.1. The Morgan fingerprint density at radius 2 is 1.95 bits per heavy atom. The molecule has 1 N–H and O–H groups in total. The predicted molar refractivity (Wildman–Crippen MR) is 148 cm³/mol. The van der Waals surface area contributed by atoms with Gasteiger partial charge in [0.1, 0.15) is 0 Å². The average molecular weight is 568 g/mol. The zero-order chi connectivity index (χ0) is 28.8. The molecule has 0 saturated heterocycles. The van der Waals surface area contributed by atoms with Crippen molar-refractivity contribution in [3.63, 3.8) is 0 Å². The van der Waals surface area contributed by atoms with Gasteiger partial charge in [-0.05, 0) is 54.7 Å². The molecule has 0 radical (unpaired) electrons. The molecule has 39 heavy (non-hydrogen) atoms. The minimum absolute atomic E-state index is 0.0594. The number of rotatable bonds is 11. The Bertz CT molecular complexity index is 1180. The summed E-state index contributed by atoms with van der Waals surface area (Å²) in [6, 6.07) is 1.91. The smallest absolute Gasteiger partial charge is 0.348 e. The summed E-state index contributed by atoms with van der Waals surface area (Å²) in [6.07, 6.45) is 5.51. The molecule has 1 atom stereocenters. The van der Waals surface area contributed by atoms with Crippen molar-refractivity contribution in [1.82, 2.24) is 15.2 Å². The molecule has 1 aliphatic carbocycles. The molecule has 216 valence electrons. The first-order valence-electron chi connectivity index (χ1n) is 13.6. The fraction of sp³-hybridized carbons (Fsp3) is 0.586. The Balaban J connectivity index is 1.64. The molecule has 2 heterocycles. The lowest BCUT2D eigenvalue weighted by Crippen LogP contribution is -2.35. The summed E-state index contributed by atoms with van der Waals surface area (Å²) in [5.74, 6) is -1.00. The first kappa shape index (κ1) is 31.1. The molecule has 1 saturated carbocycles. The number of sulfone groups is 1. The molecule has 1 aliphatic heterocycles. The van der Waals surface area contributed by atoms with Crippen molar-refractivity contribution in [2.75, 3.05) is 24.6 Å². The van der Waals surface area contributed by atoms with Gasteiger partial charge in [-0.25, -0.2) is 8.42 Å². The van der Waals surface area contributed by atoms with Gasteiger partial charge in [-0.2, -0.15) is 13.2 Å². The number of aromatic nitrogens is 1. The summed E-state index contributed by atoms with van der Waals surface area (Å²) in [5.41, 5.74) is 3.04. The van der Waals surface area contributed by atoms with Gasteiger partial charge in [0, 0.05) is 31.6 Å². The molecule has 3 rings (SSSR count). The van der Waals surface area contributed by atoms with Crippen LogP contribution in [0.15, 0.2) is 48.7 Å². The van der Waals surface area contributed by atoms with Gasteiger partial charge in [0.15, 0.2) is 9.84 Å². The summed E-state index contributed by atoms with van der Waals surface area (Å²) in [4.78, 5) is 19.9. The van der Waals surface area contributed by atoms with Crippen LogP contribution in [0, 0.1) is 17.8 Å². The van der Waals surface area contributed by atoms with Crippen molar-refractivity contribution in [2.45, 2.75) is 65.2 Å². The molecule has 1 fully saturated rings. The number of hydrogen-bond donors (Lipinski definition) is 1. The minimum Gasteiger partial charge on any atom is -0.348 e. The van der Waals surface area contributed by atoms with E-state index in [4.69, 9.17) is 0 Å². The number of carbonyl (C=O) groups excluding carboxylic acids is 1. The van der Waals surface area contributed by atoms with Crippen molar-refractivity contribution in [2.24, 2.45) is 17.8 Å². The maximum Gasteiger partial charge on any atom is 0.391 e. The number of fused-ring (bicyclic) bond motifs is 1. The first-order chi connectivity index (χ1) is 18.3. The molecule has 1 amide bonds. The van der Waals surface area contributed by atoms with Gasteiger partial charge >= 0.3 is 6.18 Å². The van der Waals surface area contributed by atoms with Crippen LogP contribution in [0.5, 0.6) is 0 Å². The third-order valence-corrected chi connectivity index (χ3v) is 9.23. The van der Waals surface area contributed by atoms with E-state index >= 15 is 0 Å². The molecule has 6 nitrogen and oxygen atoms in total. The second-order valence-electron chi connectivity index (χ2n) is 10.9. The molecule has 0 spiro atoms. The van der Waals surface area contributed by atoms with Gasteiger partial charge in [0.2, 0.25) is 0 Å². The number of nitrogens with zero attached hydrogens (tertiary/aromatic N) is 2. The summed E-state index contributed by atoms with van der Waals surface area (Å²) in [5, 5.41) is 2.86. The van der Waals surface area contributed by atoms with Crippen LogP contribution in [-0.2, 0) is 16.4 Å². The molecule has 0 unspecified atom stereocenters. The summed E-state index contributed by atoms with van der Waals surface area (Å²) < 4.78 is 62.7. The Morgan fingerprint density at radius 3 is 2.54 bits per heavy atom. The molecule has 0 aromatic carbocycles. The van der Waals surface area contributed by atoms with Crippen LogP contribution in [0.25, 0.3) is 0 Å². The SMILES string of the molecule is C=C/C=C(\C=C/CS(=O)(=O)CC)CNC(=O)c1cnc2c(c1)CN(CC1CCC(C(F)(F)F)CC1)[C@H]2C(C)C. The second-order valence-corrected chi connectivity index (χ2v) is 13.3. The van der Waals surface area contributed by atoms with E-state index in [-0.39, 0.29) is 54.7 Å². The molecule has 0 bridgehead atoms. The predicted octanol–water partition coefficient (Wildman–Crippen LogP) is 5.80. The fourth-order valence-electron chi connectivity index (χ4n) is 5.52. The van der Waals surface area contributed by atoms with E-state index < -0.39 is 21.9 Å². The molecule has 10 heteroatoms. The highest BCUT2D eigenvalue weighted by atomic mass is 32.2. The van der Waals surface area contributed by atoms with Crippen LogP contribution in [-0.4, -0.2) is 55.0 Å². The minimum atomic E-state index is -4.11. The van der Waals surface area contributed by atoms with Crippen molar-refractivity contribution in [1.29, 1.82) is 0 Å². The Hall–Kier alpha value is -2.46. The van der Waals surface area contributed by atoms with E-state index in [1.165, 1.54) is 0 Å². The highest BCUT2D eigenvalue weighted by Gasteiger charge is 2.42. The number of pyridine rings is 1. The van der Waals surface area contributed by atoms with E-state index in [1.54, 1.807) is 37.4 Å². The van der Waals surface area contributed by atoms with Crippen molar-refractivity contribution < 1.29 is 26.4 Å². The topological polar surface area (TPSA) is 79.4 Å². The zero-order valence-electron chi connectivity index (χ0n) is 23.0. The van der Waals surface area contributed by atoms with Crippen LogP contribution in [0.1, 0.15) is 74.1 Å². The fourth-order valence-corrected chi connectivity index (χ4v) is 6.15. The van der Waals surface area contributed by atoms with Crippen molar-refractivity contribution >= 4 is 15.7 Å². The van der Waals surface area contributed by atoms with Gasteiger partial charge in [-0.1, -0.05) is 51.7 Å². The van der Waals surface area contributed by atoms with Crippen LogP contribution in [0.4, 0.5) is 13.2 Å². The normalized spacial score (nSPS) is 22.8. The third kappa shape index (κ3) is 8.51. The standard InChI is InChI=1S/C29H40F3N3O3S/c1-5-8-21(9-7-14-39(37,38)6-2)16-34-28(36)23-15-24-19-35(27(20(3)4)26(24)33-17-23)18-22-10-12-25(13-11-22)29(30,31)32/h5,7-9,15,17,20,22,25,27H,1,6,10-14,16,18-19H2,2-4H3,(H,34,36)/b9-7-,21-8+/t22?,25?,27-/m0/s1. The lowest BCUT2D eigenvalue weighted by Gasteiger charge is -2.35. The maximum atomic E-state index is 13.1. The quantitative estimate of drug-likeness (QED) is 0.342. The van der Waals surface area contributed by atoms with E-state index in [1.807, 2.05) is 6.07 Å². The number of nitrogens with one attached hydrogen (secondary N) is 1. The van der Waals surface area contributed by atoms with Crippen molar-refractivity contribution in [3.05, 3.63) is 65.5 Å². The monoisotopic (exact) mass is 567 g/mol. The van der Waals surface area contributed by atoms with Gasteiger partial charge in [0.25, 0.3) is 5.91 Å². The zero-order valence-corrected chi connectivity index (χ0v) is 23.8. The van der Waals surface area contributed by atoms with Gasteiger partial charge < -0.3 is 5.32 Å². The van der Waals surface area contributed by atoms with Gasteiger partial charge in [0.05, 0.1) is 29.0 Å². The van der Waals surface area contributed by atoms with E-state index in [0.717, 1.165) is 17.8 Å². The largest absolute Gasteiger partial charge is 0.391 e. The number of carbonyl (C=O) groups is 1. The average Bonchev–Trinajstić information content (AvgIpc) is 3.24. The summed E-state index contributed by atoms with van der Waals surface area (Å²) in [7, 11) is -3.13. The number of hydrogen-bond acceptors (Lipinski definition) is 5. The van der Waals surface area contributed by atoms with Crippen LogP contribution < -0.4 is 5.32 Å². The third-order valence-electron chi connectivity index (χ3n) is 7.65. The number of amides is 1. The van der Waals surface area contributed by atoms with E-state index in [2.05, 4.69) is 35.6 Å². The summed E-state index contributed by atoms with van der Waals surface area (Å²) >= 11 is 0. The molecule has 2 aliphatic rings. The van der Waals surface area contributed by atoms with Crippen LogP contribution in [0.3, 0.4) is 0 Å². The molecular weight excluding hydrogens is 527 g/mol. The van der Waals surface area contributed by atoms with Crippen LogP contribution >= 0.6 is 0 Å². The first-order valence-corrected chi connectivity index (χ1v) is 15.4.